The second-order valence-corrected chi connectivity index (χ2v) is 9.48. The maximum Gasteiger partial charge on any atom is 0.303 e. The van der Waals surface area contributed by atoms with Crippen molar-refractivity contribution in [1.82, 2.24) is 4.90 Å². The molecule has 1 amide bonds. The van der Waals surface area contributed by atoms with Gasteiger partial charge in [-0.25, -0.2) is 0 Å². The number of aromatic hydroxyl groups is 1. The van der Waals surface area contributed by atoms with Gasteiger partial charge in [-0.05, 0) is 30.7 Å². The summed E-state index contributed by atoms with van der Waals surface area (Å²) in [6, 6.07) is 7.03. The lowest BCUT2D eigenvalue weighted by Crippen LogP contribution is -2.29. The summed E-state index contributed by atoms with van der Waals surface area (Å²) in [7, 11) is 0. The predicted molar refractivity (Wildman–Crippen MR) is 133 cm³/mol. The summed E-state index contributed by atoms with van der Waals surface area (Å²) in [5.74, 6) is -0.578. The molecule has 2 N–H and O–H groups in total. The monoisotopic (exact) mass is 532 g/mol. The molecule has 11 nitrogen and oxygen atoms in total. The number of thiocarbonyl (C=S) groups is 1. The van der Waals surface area contributed by atoms with E-state index in [9.17, 15) is 24.8 Å². The van der Waals surface area contributed by atoms with Crippen LogP contribution >= 0.6 is 24.0 Å². The van der Waals surface area contributed by atoms with Crippen molar-refractivity contribution in [2.75, 3.05) is 13.3 Å². The Balaban J connectivity index is 1.59. The number of carbonyl (C=O) groups excluding carboxylic acids is 1. The number of carboxylic acid groups (broad SMARTS) is 1. The third-order valence-corrected chi connectivity index (χ3v) is 6.67. The second kappa shape index (κ2) is 10.9. The van der Waals surface area contributed by atoms with Gasteiger partial charge in [-0.3, -0.25) is 24.6 Å². The molecule has 0 unspecified atom stereocenters. The molecule has 0 saturated carbocycles. The number of carboxylic acids is 1. The number of carbonyl (C=O) groups is 2. The van der Waals surface area contributed by atoms with Crippen molar-refractivity contribution in [2.24, 2.45) is 0 Å². The molecule has 188 valence electrons. The Bertz CT molecular complexity index is 1280. The summed E-state index contributed by atoms with van der Waals surface area (Å²) in [5.41, 5.74) is 1.31. The molecule has 1 saturated heterocycles. The molecule has 36 heavy (non-hydrogen) atoms. The van der Waals surface area contributed by atoms with Gasteiger partial charge in [0.2, 0.25) is 0 Å². The van der Waals surface area contributed by atoms with E-state index in [1.165, 1.54) is 41.3 Å². The number of aliphatic carboxylic acids is 1. The summed E-state index contributed by atoms with van der Waals surface area (Å²) >= 11 is 6.29. The van der Waals surface area contributed by atoms with Gasteiger partial charge in [-0.15, -0.1) is 0 Å². The van der Waals surface area contributed by atoms with E-state index in [1.54, 1.807) is 0 Å². The van der Waals surface area contributed by atoms with Crippen LogP contribution in [0.15, 0.2) is 35.2 Å². The number of fused-ring (bicyclic) bond motifs is 1. The second-order valence-electron chi connectivity index (χ2n) is 7.80. The Morgan fingerprint density at radius 3 is 2.89 bits per heavy atom. The highest BCUT2D eigenvalue weighted by atomic mass is 32.2. The first-order chi connectivity index (χ1) is 17.2. The quantitative estimate of drug-likeness (QED) is 0.210. The Labute approximate surface area is 214 Å². The predicted octanol–water partition coefficient (Wildman–Crippen LogP) is 3.81. The molecule has 0 aliphatic carbocycles. The maximum absolute atomic E-state index is 12.9. The fourth-order valence-electron chi connectivity index (χ4n) is 3.66. The highest BCUT2D eigenvalue weighted by Gasteiger charge is 2.32. The molecule has 2 heterocycles. The zero-order valence-electron chi connectivity index (χ0n) is 18.7. The Hall–Kier alpha value is -3.68. The molecule has 2 aliphatic heterocycles. The zero-order valence-corrected chi connectivity index (χ0v) is 20.3. The number of thioether (sulfide) groups is 1. The van der Waals surface area contributed by atoms with Gasteiger partial charge in [-0.1, -0.05) is 24.0 Å². The number of phenolic OH excluding ortho intramolecular Hbond substituents is 1. The number of ether oxygens (including phenoxy) is 3. The molecule has 0 spiro atoms. The van der Waals surface area contributed by atoms with Crippen molar-refractivity contribution in [1.29, 1.82) is 0 Å². The molecule has 2 aromatic rings. The first-order valence-corrected chi connectivity index (χ1v) is 11.9. The lowest BCUT2D eigenvalue weighted by molar-refractivity contribution is -0.384. The van der Waals surface area contributed by atoms with Crippen LogP contribution in [0.4, 0.5) is 5.69 Å². The minimum absolute atomic E-state index is 0.0111. The van der Waals surface area contributed by atoms with Gasteiger partial charge in [-0.2, -0.15) is 0 Å². The third-order valence-electron chi connectivity index (χ3n) is 5.29. The van der Waals surface area contributed by atoms with Gasteiger partial charge in [0, 0.05) is 41.8 Å². The van der Waals surface area contributed by atoms with Crippen molar-refractivity contribution in [3.63, 3.8) is 0 Å². The third kappa shape index (κ3) is 5.75. The lowest BCUT2D eigenvalue weighted by atomic mass is 10.1. The Kier molecular flexibility index (Phi) is 7.72. The van der Waals surface area contributed by atoms with Crippen molar-refractivity contribution >= 4 is 51.9 Å². The molecule has 1 fully saturated rings. The van der Waals surface area contributed by atoms with Crippen LogP contribution in [-0.4, -0.2) is 49.6 Å². The van der Waals surface area contributed by atoms with Gasteiger partial charge >= 0.3 is 5.97 Å². The summed E-state index contributed by atoms with van der Waals surface area (Å²) in [4.78, 5) is 36.0. The Morgan fingerprint density at radius 1 is 1.33 bits per heavy atom. The topological polar surface area (TPSA) is 149 Å². The fourth-order valence-corrected chi connectivity index (χ4v) is 4.96. The smallest absolute Gasteiger partial charge is 0.303 e. The fraction of sp³-hybridized carbons (Fsp3) is 0.261. The van der Waals surface area contributed by atoms with Crippen molar-refractivity contribution in [3.8, 4) is 17.2 Å². The average Bonchev–Trinajstić information content (AvgIpc) is 3.10. The van der Waals surface area contributed by atoms with E-state index in [-0.39, 0.29) is 71.4 Å². The van der Waals surface area contributed by atoms with Crippen molar-refractivity contribution < 1.29 is 38.9 Å². The molecular weight excluding hydrogens is 512 g/mol. The summed E-state index contributed by atoms with van der Waals surface area (Å²) in [6.45, 7) is 0.458. The standard InChI is InChI=1S/C23H20N2O9S2/c26-17-7-14-10-32-12-34-21(14)15(8-17)11-33-18-4-3-16(25(30)31)6-13(18)9-19-22(29)24(23(35)36-19)5-1-2-20(27)28/h3-4,6-9,26H,1-2,5,10-12H2,(H,27,28)/b19-9-. The molecular formula is C23H20N2O9S2. The number of benzene rings is 2. The van der Waals surface area contributed by atoms with Crippen molar-refractivity contribution in [2.45, 2.75) is 26.1 Å². The minimum Gasteiger partial charge on any atom is -0.508 e. The van der Waals surface area contributed by atoms with E-state index in [0.29, 0.717) is 16.9 Å². The molecule has 0 radical (unpaired) electrons. The lowest BCUT2D eigenvalue weighted by Gasteiger charge is -2.21. The number of hydrogen-bond donors (Lipinski definition) is 2. The highest BCUT2D eigenvalue weighted by Crippen LogP contribution is 2.37. The number of phenols is 1. The van der Waals surface area contributed by atoms with Gasteiger partial charge in [0.15, 0.2) is 6.79 Å². The number of rotatable bonds is 9. The summed E-state index contributed by atoms with van der Waals surface area (Å²) in [6.07, 6.45) is 1.59. The largest absolute Gasteiger partial charge is 0.508 e. The van der Waals surface area contributed by atoms with Gasteiger partial charge < -0.3 is 24.4 Å². The number of nitrogens with zero attached hydrogens (tertiary/aromatic N) is 2. The normalized spacial score (nSPS) is 16.1. The molecule has 0 bridgehead atoms. The van der Waals surface area contributed by atoms with E-state index in [4.69, 9.17) is 31.5 Å². The number of hydrogen-bond acceptors (Lipinski definition) is 10. The number of nitro benzene ring substituents is 1. The van der Waals surface area contributed by atoms with Crippen LogP contribution in [0.3, 0.4) is 0 Å². The first kappa shape index (κ1) is 25.4. The van der Waals surface area contributed by atoms with Crippen LogP contribution in [0.25, 0.3) is 6.08 Å². The van der Waals surface area contributed by atoms with E-state index in [1.807, 2.05) is 0 Å². The van der Waals surface area contributed by atoms with Crippen LogP contribution in [-0.2, 0) is 27.5 Å². The number of amides is 1. The highest BCUT2D eigenvalue weighted by molar-refractivity contribution is 8.26. The number of nitro groups is 1. The molecule has 13 heteroatoms. The van der Waals surface area contributed by atoms with E-state index in [2.05, 4.69) is 0 Å². The summed E-state index contributed by atoms with van der Waals surface area (Å²) in [5, 5.41) is 30.2. The molecule has 4 rings (SSSR count). The maximum atomic E-state index is 12.9. The van der Waals surface area contributed by atoms with Crippen LogP contribution in [0.2, 0.25) is 0 Å². The van der Waals surface area contributed by atoms with Gasteiger partial charge in [0.1, 0.15) is 28.2 Å². The Morgan fingerprint density at radius 2 is 2.14 bits per heavy atom. The minimum atomic E-state index is -0.972. The van der Waals surface area contributed by atoms with Crippen LogP contribution in [0.1, 0.15) is 29.5 Å². The van der Waals surface area contributed by atoms with E-state index < -0.39 is 16.8 Å². The van der Waals surface area contributed by atoms with Gasteiger partial charge in [0.05, 0.1) is 16.4 Å². The average molecular weight is 533 g/mol. The van der Waals surface area contributed by atoms with Gasteiger partial charge in [0.25, 0.3) is 11.6 Å². The number of non-ortho nitro benzene ring substituents is 1. The van der Waals surface area contributed by atoms with Crippen molar-refractivity contribution in [3.05, 3.63) is 62.0 Å². The first-order valence-electron chi connectivity index (χ1n) is 10.7. The van der Waals surface area contributed by atoms with Crippen LogP contribution in [0.5, 0.6) is 17.2 Å². The molecule has 0 aromatic heterocycles. The van der Waals surface area contributed by atoms with E-state index in [0.717, 1.165) is 11.8 Å². The zero-order chi connectivity index (χ0) is 25.8. The molecule has 0 atom stereocenters. The van der Waals surface area contributed by atoms with E-state index >= 15 is 0 Å². The summed E-state index contributed by atoms with van der Waals surface area (Å²) < 4.78 is 17.0. The van der Waals surface area contributed by atoms with Crippen LogP contribution in [0, 0.1) is 10.1 Å². The SMILES string of the molecule is O=C(O)CCCN1C(=O)/C(=C/c2cc([N+](=O)[O-])ccc2OCc2cc(O)cc3c2OCOC3)SC1=S. The van der Waals surface area contributed by atoms with Crippen LogP contribution < -0.4 is 9.47 Å². The molecule has 2 aliphatic rings. The molecule has 2 aromatic carbocycles.